The molecule has 1 atom stereocenters. The maximum absolute atomic E-state index is 13.4. The molecule has 8 heteroatoms. The first kappa shape index (κ1) is 22.3. The molecule has 3 rings (SSSR count). The first-order valence-electron chi connectivity index (χ1n) is 10.2. The van der Waals surface area contributed by atoms with Crippen LogP contribution in [0.4, 0.5) is 0 Å². The van der Waals surface area contributed by atoms with Gasteiger partial charge in [0, 0.05) is 12.1 Å². The molecule has 2 aliphatic heterocycles. The number of rotatable bonds is 6. The molecule has 164 valence electrons. The van der Waals surface area contributed by atoms with Gasteiger partial charge in [0.1, 0.15) is 27.7 Å². The summed E-state index contributed by atoms with van der Waals surface area (Å²) in [5, 5.41) is 11.0. The molecular formula is C22H30N2O5S. The average Bonchev–Trinajstić information content (AvgIpc) is 3.03. The summed E-state index contributed by atoms with van der Waals surface area (Å²) in [6.45, 7) is 12.6. The van der Waals surface area contributed by atoms with Gasteiger partial charge in [0.25, 0.3) is 15.9 Å². The predicted octanol–water partition coefficient (Wildman–Crippen LogP) is 3.69. The Morgan fingerprint density at radius 3 is 2.50 bits per heavy atom. The Hall–Kier alpha value is -2.35. The van der Waals surface area contributed by atoms with Gasteiger partial charge in [-0.3, -0.25) is 4.79 Å². The van der Waals surface area contributed by atoms with Gasteiger partial charge in [0.05, 0.1) is 12.6 Å². The highest BCUT2D eigenvalue weighted by Gasteiger charge is 2.46. The maximum atomic E-state index is 13.4. The highest BCUT2D eigenvalue weighted by Crippen LogP contribution is 2.40. The minimum absolute atomic E-state index is 0.00189. The van der Waals surface area contributed by atoms with E-state index in [-0.39, 0.29) is 50.5 Å². The van der Waals surface area contributed by atoms with Crippen LogP contribution in [0.3, 0.4) is 0 Å². The van der Waals surface area contributed by atoms with Crippen LogP contribution in [0.5, 0.6) is 5.75 Å². The monoisotopic (exact) mass is 434 g/mol. The van der Waals surface area contributed by atoms with E-state index in [9.17, 15) is 18.3 Å². The molecular weight excluding hydrogens is 404 g/mol. The van der Waals surface area contributed by atoms with Crippen molar-refractivity contribution in [1.82, 2.24) is 4.90 Å². The minimum Gasteiger partial charge on any atom is -0.509 e. The van der Waals surface area contributed by atoms with Crippen molar-refractivity contribution in [2.75, 3.05) is 13.2 Å². The van der Waals surface area contributed by atoms with Gasteiger partial charge < -0.3 is 14.7 Å². The van der Waals surface area contributed by atoms with Crippen LogP contribution in [0.2, 0.25) is 0 Å². The fourth-order valence-electron chi connectivity index (χ4n) is 3.90. The summed E-state index contributed by atoms with van der Waals surface area (Å²) < 4.78 is 34.9. The number of benzene rings is 1. The zero-order chi connectivity index (χ0) is 22.4. The number of nitrogens with zero attached hydrogens (tertiary/aromatic N) is 2. The van der Waals surface area contributed by atoms with E-state index in [0.717, 1.165) is 6.42 Å². The fourth-order valence-corrected chi connectivity index (χ4v) is 5.25. The van der Waals surface area contributed by atoms with Crippen LogP contribution < -0.4 is 4.74 Å². The zero-order valence-corrected chi connectivity index (χ0v) is 19.2. The van der Waals surface area contributed by atoms with Crippen LogP contribution in [-0.4, -0.2) is 49.2 Å². The first-order chi connectivity index (χ1) is 13.9. The molecule has 2 aliphatic rings. The van der Waals surface area contributed by atoms with Crippen molar-refractivity contribution in [3.63, 3.8) is 0 Å². The molecule has 1 aromatic rings. The Bertz CT molecular complexity index is 1030. The lowest BCUT2D eigenvalue weighted by molar-refractivity contribution is -0.127. The normalized spacial score (nSPS) is 20.8. The number of carbonyl (C=O) groups is 1. The highest BCUT2D eigenvalue weighted by molar-refractivity contribution is 7.91. The van der Waals surface area contributed by atoms with E-state index < -0.39 is 16.1 Å². The van der Waals surface area contributed by atoms with Crippen LogP contribution in [0, 0.1) is 11.3 Å². The van der Waals surface area contributed by atoms with E-state index in [0.29, 0.717) is 13.2 Å². The van der Waals surface area contributed by atoms with Crippen molar-refractivity contribution in [3.8, 4) is 5.75 Å². The van der Waals surface area contributed by atoms with Gasteiger partial charge in [-0.2, -0.15) is 12.8 Å². The van der Waals surface area contributed by atoms with Crippen LogP contribution in [0.1, 0.15) is 53.5 Å². The molecule has 0 saturated heterocycles. The Morgan fingerprint density at radius 1 is 1.27 bits per heavy atom. The predicted molar refractivity (Wildman–Crippen MR) is 115 cm³/mol. The molecule has 0 unspecified atom stereocenters. The zero-order valence-electron chi connectivity index (χ0n) is 18.4. The lowest BCUT2D eigenvalue weighted by Crippen LogP contribution is -2.41. The molecule has 1 N–H and O–H groups in total. The van der Waals surface area contributed by atoms with E-state index in [2.05, 4.69) is 25.2 Å². The van der Waals surface area contributed by atoms with Crippen LogP contribution in [-0.2, 0) is 14.8 Å². The van der Waals surface area contributed by atoms with Gasteiger partial charge in [0.2, 0.25) is 0 Å². The van der Waals surface area contributed by atoms with Gasteiger partial charge >= 0.3 is 0 Å². The van der Waals surface area contributed by atoms with Crippen molar-refractivity contribution in [3.05, 3.63) is 35.1 Å². The molecule has 30 heavy (non-hydrogen) atoms. The van der Waals surface area contributed by atoms with Crippen LogP contribution >= 0.6 is 0 Å². The summed E-state index contributed by atoms with van der Waals surface area (Å²) in [6, 6.07) is 4.31. The number of sulfonamides is 1. The minimum atomic E-state index is -4.04. The number of amides is 1. The second kappa shape index (κ2) is 7.72. The molecule has 2 heterocycles. The second-order valence-electron chi connectivity index (χ2n) is 9.24. The van der Waals surface area contributed by atoms with E-state index in [1.807, 2.05) is 13.8 Å². The topological polar surface area (TPSA) is 96.3 Å². The van der Waals surface area contributed by atoms with Crippen LogP contribution in [0.25, 0.3) is 0 Å². The smallest absolute Gasteiger partial charge is 0.287 e. The molecule has 1 amide bonds. The third-order valence-electron chi connectivity index (χ3n) is 5.32. The van der Waals surface area contributed by atoms with Gasteiger partial charge in [-0.1, -0.05) is 46.8 Å². The molecule has 0 aromatic heterocycles. The Morgan fingerprint density at radius 2 is 1.93 bits per heavy atom. The summed E-state index contributed by atoms with van der Waals surface area (Å²) in [5.74, 6) is -0.352. The van der Waals surface area contributed by atoms with Gasteiger partial charge in [-0.05, 0) is 30.7 Å². The van der Waals surface area contributed by atoms with Gasteiger partial charge in [-0.15, -0.1) is 0 Å². The number of aliphatic hydroxyl groups excluding tert-OH is 1. The Balaban J connectivity index is 2.10. The van der Waals surface area contributed by atoms with Crippen molar-refractivity contribution < 1.29 is 23.1 Å². The molecule has 0 radical (unpaired) electrons. The largest absolute Gasteiger partial charge is 0.509 e. The summed E-state index contributed by atoms with van der Waals surface area (Å²) in [4.78, 5) is 15.0. The van der Waals surface area contributed by atoms with E-state index >= 15 is 0 Å². The lowest BCUT2D eigenvalue weighted by atomic mass is 9.91. The quantitative estimate of drug-likeness (QED) is 0.737. The van der Waals surface area contributed by atoms with E-state index in [1.54, 1.807) is 30.0 Å². The maximum Gasteiger partial charge on any atom is 0.287 e. The summed E-state index contributed by atoms with van der Waals surface area (Å²) in [6.07, 6.45) is 0.748. The molecule has 0 bridgehead atoms. The molecule has 0 spiro atoms. The Kier molecular flexibility index (Phi) is 5.75. The summed E-state index contributed by atoms with van der Waals surface area (Å²) >= 11 is 0. The highest BCUT2D eigenvalue weighted by atomic mass is 32.2. The van der Waals surface area contributed by atoms with Crippen molar-refractivity contribution in [2.45, 2.75) is 58.9 Å². The number of aliphatic hydroxyl groups is 1. The van der Waals surface area contributed by atoms with Crippen LogP contribution in [0.15, 0.2) is 38.8 Å². The van der Waals surface area contributed by atoms with E-state index in [1.165, 1.54) is 0 Å². The SMILES string of the molecule is CCOc1cccc2c1S(=O)(=O)N=C2C1=C(O)[C@H](C(C)C)N(CCC(C)(C)C)C1=O. The Labute approximate surface area is 178 Å². The van der Waals surface area contributed by atoms with Crippen molar-refractivity contribution in [2.24, 2.45) is 15.7 Å². The second-order valence-corrected chi connectivity index (χ2v) is 10.8. The number of ether oxygens (including phenoxy) is 1. The summed E-state index contributed by atoms with van der Waals surface area (Å²) in [5.41, 5.74) is 0.264. The third kappa shape index (κ3) is 3.85. The number of hydrogen-bond donors (Lipinski definition) is 1. The molecule has 1 aromatic carbocycles. The fraction of sp³-hybridized carbons (Fsp3) is 0.545. The van der Waals surface area contributed by atoms with Gasteiger partial charge in [-0.25, -0.2) is 0 Å². The van der Waals surface area contributed by atoms with Crippen molar-refractivity contribution in [1.29, 1.82) is 0 Å². The number of fused-ring (bicyclic) bond motifs is 1. The standard InChI is InChI=1S/C22H30N2O5S/c1-7-29-15-10-8-9-14-17(23-30(27,28)20(14)15)16-19(25)18(13(2)3)24(21(16)26)12-11-22(4,5)6/h8-10,13,18,25H,7,11-12H2,1-6H3/t18-/m0/s1. The van der Waals surface area contributed by atoms with Crippen molar-refractivity contribution >= 4 is 21.6 Å². The van der Waals surface area contributed by atoms with E-state index in [4.69, 9.17) is 4.74 Å². The number of carbonyl (C=O) groups excluding carboxylic acids is 1. The third-order valence-corrected chi connectivity index (χ3v) is 6.68. The van der Waals surface area contributed by atoms with Gasteiger partial charge in [0.15, 0.2) is 0 Å². The lowest BCUT2D eigenvalue weighted by Gasteiger charge is -2.31. The number of hydrogen-bond acceptors (Lipinski definition) is 5. The molecule has 7 nitrogen and oxygen atoms in total. The summed E-state index contributed by atoms with van der Waals surface area (Å²) in [7, 11) is -4.04. The average molecular weight is 435 g/mol. The molecule has 0 saturated carbocycles. The molecule has 0 fully saturated rings. The first-order valence-corrected chi connectivity index (χ1v) is 11.7. The molecule has 0 aliphatic carbocycles.